The van der Waals surface area contributed by atoms with E-state index in [1.165, 1.54) is 0 Å². The molecule has 44 heavy (non-hydrogen) atoms. The second-order valence-corrected chi connectivity index (χ2v) is 12.9. The van der Waals surface area contributed by atoms with Crippen LogP contribution < -0.4 is 19.7 Å². The van der Waals surface area contributed by atoms with Crippen molar-refractivity contribution in [1.29, 1.82) is 0 Å². The molecular formula is C34H41N7O3. The van der Waals surface area contributed by atoms with E-state index in [-0.39, 0.29) is 30.2 Å². The Kier molecular flexibility index (Phi) is 8.16. The molecule has 1 amide bonds. The van der Waals surface area contributed by atoms with Crippen LogP contribution in [-0.4, -0.2) is 62.3 Å². The summed E-state index contributed by atoms with van der Waals surface area (Å²) in [4.78, 5) is 32.2. The average Bonchev–Trinajstić information content (AvgIpc) is 3.63. The van der Waals surface area contributed by atoms with Crippen LogP contribution in [0.15, 0.2) is 60.9 Å². The standard InChI is InChI=1S/C34H41N7O3/c1-23-20-41(24(2)19-40(23)29(42)17-34(3,4)5)33-37-31(35-18-26-13-14-27-28(16-26)44-22-43-27)30-32(38-33)39(21-36-30)15-9-12-25-10-7-6-8-11-25/h6-14,16,21,23-24H,15,17-20,22H2,1-5H3,(H,35,37,38). The predicted octanol–water partition coefficient (Wildman–Crippen LogP) is 5.74. The Labute approximate surface area is 258 Å². The molecule has 0 radical (unpaired) electrons. The van der Waals surface area contributed by atoms with Crippen LogP contribution in [0.25, 0.3) is 17.2 Å². The van der Waals surface area contributed by atoms with Crippen LogP contribution in [0.3, 0.4) is 0 Å². The number of aromatic nitrogens is 4. The Balaban J connectivity index is 1.29. The number of carbonyl (C=O) groups excluding carboxylic acids is 1. The molecule has 230 valence electrons. The van der Waals surface area contributed by atoms with Gasteiger partial charge in [0.05, 0.1) is 6.33 Å². The van der Waals surface area contributed by atoms with E-state index in [0.29, 0.717) is 49.9 Å². The van der Waals surface area contributed by atoms with Crippen molar-refractivity contribution in [3.8, 4) is 11.5 Å². The number of hydrogen-bond donors (Lipinski definition) is 1. The Hall–Kier alpha value is -4.60. The van der Waals surface area contributed by atoms with Crippen molar-refractivity contribution < 1.29 is 14.3 Å². The van der Waals surface area contributed by atoms with E-state index in [0.717, 1.165) is 28.3 Å². The molecule has 0 bridgehead atoms. The van der Waals surface area contributed by atoms with Gasteiger partial charge in [-0.3, -0.25) is 4.79 Å². The van der Waals surface area contributed by atoms with Gasteiger partial charge >= 0.3 is 0 Å². The summed E-state index contributed by atoms with van der Waals surface area (Å²) in [5.74, 6) is 2.99. The number of hydrogen-bond acceptors (Lipinski definition) is 8. The maximum absolute atomic E-state index is 13.2. The lowest BCUT2D eigenvalue weighted by Crippen LogP contribution is -2.59. The minimum atomic E-state index is -0.0583. The van der Waals surface area contributed by atoms with Gasteiger partial charge in [-0.25, -0.2) is 4.98 Å². The zero-order valence-corrected chi connectivity index (χ0v) is 26.2. The van der Waals surface area contributed by atoms with Gasteiger partial charge in [0, 0.05) is 44.7 Å². The molecular weight excluding hydrogens is 554 g/mol. The van der Waals surface area contributed by atoms with Gasteiger partial charge in [0.25, 0.3) is 0 Å². The minimum Gasteiger partial charge on any atom is -0.454 e. The van der Waals surface area contributed by atoms with Crippen molar-refractivity contribution in [3.63, 3.8) is 0 Å². The summed E-state index contributed by atoms with van der Waals surface area (Å²) in [6.07, 6.45) is 6.56. The van der Waals surface area contributed by atoms with Crippen LogP contribution in [0.5, 0.6) is 11.5 Å². The van der Waals surface area contributed by atoms with Crippen LogP contribution in [0.2, 0.25) is 0 Å². The number of nitrogens with one attached hydrogen (secondary N) is 1. The van der Waals surface area contributed by atoms with E-state index in [4.69, 9.17) is 24.4 Å². The van der Waals surface area contributed by atoms with Crippen molar-refractivity contribution in [2.24, 2.45) is 5.41 Å². The fraction of sp³-hybridized carbons (Fsp3) is 0.412. The molecule has 2 aliphatic heterocycles. The van der Waals surface area contributed by atoms with Crippen molar-refractivity contribution in [2.45, 2.75) is 66.2 Å². The van der Waals surface area contributed by atoms with Crippen molar-refractivity contribution in [3.05, 3.63) is 72.1 Å². The quantitative estimate of drug-likeness (QED) is 0.275. The highest BCUT2D eigenvalue weighted by molar-refractivity contribution is 5.84. The maximum atomic E-state index is 13.2. The van der Waals surface area contributed by atoms with Gasteiger partial charge in [-0.1, -0.05) is 69.3 Å². The summed E-state index contributed by atoms with van der Waals surface area (Å²) in [5, 5.41) is 3.52. The van der Waals surface area contributed by atoms with E-state index >= 15 is 0 Å². The summed E-state index contributed by atoms with van der Waals surface area (Å²) < 4.78 is 13.1. The number of anilines is 2. The first-order valence-electron chi connectivity index (χ1n) is 15.3. The molecule has 10 nitrogen and oxygen atoms in total. The molecule has 0 saturated carbocycles. The minimum absolute atomic E-state index is 0.0316. The van der Waals surface area contributed by atoms with E-state index in [9.17, 15) is 4.79 Å². The molecule has 4 aromatic rings. The number of amides is 1. The zero-order valence-electron chi connectivity index (χ0n) is 26.2. The number of ether oxygens (including phenoxy) is 2. The second-order valence-electron chi connectivity index (χ2n) is 12.9. The van der Waals surface area contributed by atoms with Gasteiger partial charge in [-0.15, -0.1) is 0 Å². The molecule has 2 aliphatic rings. The largest absolute Gasteiger partial charge is 0.454 e. The van der Waals surface area contributed by atoms with E-state index < -0.39 is 0 Å². The SMILES string of the molecule is CC1CN(c2nc(NCc3ccc4c(c3)OCO4)c3ncn(CC=Cc4ccccc4)c3n2)C(C)CN1C(=O)CC(C)(C)C. The lowest BCUT2D eigenvalue weighted by Gasteiger charge is -2.44. The molecule has 2 atom stereocenters. The van der Waals surface area contributed by atoms with E-state index in [1.54, 1.807) is 0 Å². The molecule has 2 aromatic carbocycles. The number of carbonyl (C=O) groups is 1. The maximum Gasteiger partial charge on any atom is 0.231 e. The van der Waals surface area contributed by atoms with Crippen LogP contribution in [0.4, 0.5) is 11.8 Å². The first-order valence-corrected chi connectivity index (χ1v) is 15.3. The van der Waals surface area contributed by atoms with Crippen molar-refractivity contribution in [2.75, 3.05) is 30.1 Å². The molecule has 1 saturated heterocycles. The van der Waals surface area contributed by atoms with Crippen LogP contribution >= 0.6 is 0 Å². The number of fused-ring (bicyclic) bond motifs is 2. The summed E-state index contributed by atoms with van der Waals surface area (Å²) in [6.45, 7) is 13.2. The summed E-state index contributed by atoms with van der Waals surface area (Å²) in [7, 11) is 0. The topological polar surface area (TPSA) is 97.6 Å². The van der Waals surface area contributed by atoms with Gasteiger partial charge in [-0.2, -0.15) is 9.97 Å². The molecule has 10 heteroatoms. The van der Waals surface area contributed by atoms with Gasteiger partial charge < -0.3 is 29.2 Å². The molecule has 0 spiro atoms. The first-order chi connectivity index (χ1) is 21.1. The average molecular weight is 596 g/mol. The fourth-order valence-corrected chi connectivity index (χ4v) is 5.73. The molecule has 1 N–H and O–H groups in total. The highest BCUT2D eigenvalue weighted by Gasteiger charge is 2.35. The summed E-state index contributed by atoms with van der Waals surface area (Å²) >= 11 is 0. The summed E-state index contributed by atoms with van der Waals surface area (Å²) in [5.41, 5.74) is 3.59. The lowest BCUT2D eigenvalue weighted by molar-refractivity contribution is -0.136. The Morgan fingerprint density at radius 2 is 1.82 bits per heavy atom. The smallest absolute Gasteiger partial charge is 0.231 e. The van der Waals surface area contributed by atoms with Gasteiger partial charge in [0.1, 0.15) is 0 Å². The third kappa shape index (κ3) is 6.49. The summed E-state index contributed by atoms with van der Waals surface area (Å²) in [6, 6.07) is 16.2. The predicted molar refractivity (Wildman–Crippen MR) is 173 cm³/mol. The molecule has 6 rings (SSSR count). The number of imidazole rings is 1. The van der Waals surface area contributed by atoms with Crippen molar-refractivity contribution >= 4 is 34.9 Å². The number of benzene rings is 2. The highest BCUT2D eigenvalue weighted by atomic mass is 16.7. The van der Waals surface area contributed by atoms with Gasteiger partial charge in [-0.05, 0) is 42.5 Å². The van der Waals surface area contributed by atoms with E-state index in [1.807, 2.05) is 52.2 Å². The fourth-order valence-electron chi connectivity index (χ4n) is 5.73. The Bertz CT molecular complexity index is 1660. The first kappa shape index (κ1) is 29.5. The number of allylic oxidation sites excluding steroid dienone is 1. The third-order valence-corrected chi connectivity index (χ3v) is 8.01. The van der Waals surface area contributed by atoms with Gasteiger partial charge in [0.2, 0.25) is 18.6 Å². The van der Waals surface area contributed by atoms with Crippen molar-refractivity contribution in [1.82, 2.24) is 24.4 Å². The van der Waals surface area contributed by atoms with Crippen LogP contribution in [0.1, 0.15) is 52.2 Å². The van der Waals surface area contributed by atoms with Gasteiger partial charge in [0.15, 0.2) is 28.5 Å². The third-order valence-electron chi connectivity index (χ3n) is 8.01. The van der Waals surface area contributed by atoms with E-state index in [2.05, 4.69) is 69.1 Å². The lowest BCUT2D eigenvalue weighted by atomic mass is 9.91. The molecule has 2 aromatic heterocycles. The number of nitrogens with zero attached hydrogens (tertiary/aromatic N) is 6. The second kappa shape index (κ2) is 12.2. The molecule has 2 unspecified atom stereocenters. The Morgan fingerprint density at radius 3 is 2.61 bits per heavy atom. The molecule has 4 heterocycles. The monoisotopic (exact) mass is 595 g/mol. The molecule has 1 fully saturated rings. The van der Waals surface area contributed by atoms with Crippen LogP contribution in [-0.2, 0) is 17.9 Å². The number of rotatable bonds is 8. The highest BCUT2D eigenvalue weighted by Crippen LogP contribution is 2.33. The Morgan fingerprint density at radius 1 is 1.02 bits per heavy atom. The number of piperazine rings is 1. The normalized spacial score (nSPS) is 18.4. The zero-order chi connectivity index (χ0) is 30.8. The van der Waals surface area contributed by atoms with Crippen LogP contribution in [0, 0.1) is 5.41 Å². The molecule has 0 aliphatic carbocycles.